The van der Waals surface area contributed by atoms with Crippen LogP contribution in [0.5, 0.6) is 0 Å². The molecule has 1 aliphatic heterocycles. The average molecular weight is 246 g/mol. The minimum atomic E-state index is 0.805. The van der Waals surface area contributed by atoms with E-state index in [1.807, 2.05) is 0 Å². The van der Waals surface area contributed by atoms with Gasteiger partial charge in [0.25, 0.3) is 0 Å². The first-order valence-corrected chi connectivity index (χ1v) is 7.19. The molecule has 2 heteroatoms. The van der Waals surface area contributed by atoms with Gasteiger partial charge < -0.3 is 10.6 Å². The summed E-state index contributed by atoms with van der Waals surface area (Å²) in [6, 6.07) is 6.37. The number of para-hydroxylation sites is 1. The molecule has 18 heavy (non-hydrogen) atoms. The fourth-order valence-electron chi connectivity index (χ4n) is 2.97. The lowest BCUT2D eigenvalue weighted by molar-refractivity contribution is 0.351. The van der Waals surface area contributed by atoms with Crippen molar-refractivity contribution in [2.24, 2.45) is 11.8 Å². The summed E-state index contributed by atoms with van der Waals surface area (Å²) in [4.78, 5) is 2.48. The quantitative estimate of drug-likeness (QED) is 0.803. The van der Waals surface area contributed by atoms with Crippen LogP contribution in [0, 0.1) is 18.8 Å². The molecule has 0 bridgehead atoms. The SMILES string of the molecule is Cc1cccc(N2CCCC(C(C)C)CC2)c1N. The van der Waals surface area contributed by atoms with Crippen molar-refractivity contribution in [3.05, 3.63) is 23.8 Å². The van der Waals surface area contributed by atoms with Crippen LogP contribution in [-0.4, -0.2) is 13.1 Å². The predicted octanol–water partition coefficient (Wildman–Crippen LogP) is 3.84. The Kier molecular flexibility index (Phi) is 4.15. The maximum Gasteiger partial charge on any atom is 0.0602 e. The van der Waals surface area contributed by atoms with E-state index in [0.717, 1.165) is 30.6 Å². The summed E-state index contributed by atoms with van der Waals surface area (Å²) in [6.07, 6.45) is 3.95. The number of hydrogen-bond donors (Lipinski definition) is 1. The highest BCUT2D eigenvalue weighted by atomic mass is 15.1. The van der Waals surface area contributed by atoms with E-state index in [1.54, 1.807) is 0 Å². The lowest BCUT2D eigenvalue weighted by atomic mass is 9.89. The maximum absolute atomic E-state index is 6.22. The third-order valence-corrected chi connectivity index (χ3v) is 4.36. The molecule has 0 saturated carbocycles. The van der Waals surface area contributed by atoms with Gasteiger partial charge in [0.2, 0.25) is 0 Å². The zero-order valence-electron chi connectivity index (χ0n) is 11.9. The average Bonchev–Trinajstić information content (AvgIpc) is 2.58. The Labute approximate surface area is 111 Å². The van der Waals surface area contributed by atoms with Crippen molar-refractivity contribution in [1.82, 2.24) is 0 Å². The largest absolute Gasteiger partial charge is 0.397 e. The number of rotatable bonds is 2. The van der Waals surface area contributed by atoms with Crippen LogP contribution in [0.2, 0.25) is 0 Å². The molecule has 0 amide bonds. The molecule has 2 N–H and O–H groups in total. The fourth-order valence-corrected chi connectivity index (χ4v) is 2.97. The van der Waals surface area contributed by atoms with Gasteiger partial charge in [-0.15, -0.1) is 0 Å². The van der Waals surface area contributed by atoms with Gasteiger partial charge in [0.15, 0.2) is 0 Å². The van der Waals surface area contributed by atoms with E-state index < -0.39 is 0 Å². The molecule has 1 saturated heterocycles. The molecule has 2 rings (SSSR count). The number of benzene rings is 1. The molecule has 1 aromatic rings. The molecule has 100 valence electrons. The number of nitrogens with two attached hydrogens (primary N) is 1. The molecular weight excluding hydrogens is 220 g/mol. The van der Waals surface area contributed by atoms with Gasteiger partial charge >= 0.3 is 0 Å². The van der Waals surface area contributed by atoms with Crippen molar-refractivity contribution in [3.63, 3.8) is 0 Å². The Morgan fingerprint density at radius 3 is 2.72 bits per heavy atom. The van der Waals surface area contributed by atoms with Crippen molar-refractivity contribution >= 4 is 11.4 Å². The Morgan fingerprint density at radius 1 is 1.22 bits per heavy atom. The highest BCUT2D eigenvalue weighted by Gasteiger charge is 2.20. The molecule has 0 aliphatic carbocycles. The monoisotopic (exact) mass is 246 g/mol. The van der Waals surface area contributed by atoms with E-state index in [0.29, 0.717) is 0 Å². The second-order valence-electron chi connectivity index (χ2n) is 5.93. The van der Waals surface area contributed by atoms with Crippen molar-refractivity contribution < 1.29 is 0 Å². The highest BCUT2D eigenvalue weighted by Crippen LogP contribution is 2.31. The van der Waals surface area contributed by atoms with E-state index >= 15 is 0 Å². The minimum Gasteiger partial charge on any atom is -0.397 e. The van der Waals surface area contributed by atoms with Gasteiger partial charge in [-0.2, -0.15) is 0 Å². The van der Waals surface area contributed by atoms with Crippen molar-refractivity contribution in [3.8, 4) is 0 Å². The Bertz CT molecular complexity index is 398. The van der Waals surface area contributed by atoms with Crippen molar-refractivity contribution in [2.75, 3.05) is 23.7 Å². The van der Waals surface area contributed by atoms with Crippen LogP contribution in [0.3, 0.4) is 0 Å². The normalized spacial score (nSPS) is 21.1. The summed E-state index contributed by atoms with van der Waals surface area (Å²) in [5.41, 5.74) is 9.60. The van der Waals surface area contributed by atoms with Crippen LogP contribution < -0.4 is 10.6 Å². The number of hydrogen-bond acceptors (Lipinski definition) is 2. The number of nitrogens with zero attached hydrogens (tertiary/aromatic N) is 1. The van der Waals surface area contributed by atoms with Crippen LogP contribution in [0.15, 0.2) is 18.2 Å². The summed E-state index contributed by atoms with van der Waals surface area (Å²) in [5, 5.41) is 0. The van der Waals surface area contributed by atoms with Crippen molar-refractivity contribution in [2.45, 2.75) is 40.0 Å². The maximum atomic E-state index is 6.22. The van der Waals surface area contributed by atoms with E-state index in [1.165, 1.54) is 30.5 Å². The van der Waals surface area contributed by atoms with Crippen LogP contribution >= 0.6 is 0 Å². The molecular formula is C16H26N2. The van der Waals surface area contributed by atoms with Gasteiger partial charge in [-0.25, -0.2) is 0 Å². The standard InChI is InChI=1S/C16H26N2/c1-12(2)14-7-5-10-18(11-9-14)15-8-4-6-13(3)16(15)17/h4,6,8,12,14H,5,7,9-11,17H2,1-3H3. The first kappa shape index (κ1) is 13.3. The summed E-state index contributed by atoms with van der Waals surface area (Å²) in [7, 11) is 0. The van der Waals surface area contributed by atoms with Gasteiger partial charge in [-0.05, 0) is 49.7 Å². The number of anilines is 2. The smallest absolute Gasteiger partial charge is 0.0602 e. The molecule has 1 aromatic carbocycles. The Morgan fingerprint density at radius 2 is 2.00 bits per heavy atom. The highest BCUT2D eigenvalue weighted by molar-refractivity contribution is 5.70. The second-order valence-corrected chi connectivity index (χ2v) is 5.93. The van der Waals surface area contributed by atoms with E-state index in [4.69, 9.17) is 5.73 Å². The fraction of sp³-hybridized carbons (Fsp3) is 0.625. The van der Waals surface area contributed by atoms with E-state index in [-0.39, 0.29) is 0 Å². The molecule has 2 nitrogen and oxygen atoms in total. The van der Waals surface area contributed by atoms with Crippen molar-refractivity contribution in [1.29, 1.82) is 0 Å². The number of aryl methyl sites for hydroxylation is 1. The zero-order chi connectivity index (χ0) is 13.1. The third kappa shape index (κ3) is 2.80. The molecule has 0 aromatic heterocycles. The lowest BCUT2D eigenvalue weighted by Crippen LogP contribution is -2.25. The van der Waals surface area contributed by atoms with Crippen LogP contribution in [0.4, 0.5) is 11.4 Å². The van der Waals surface area contributed by atoms with Crippen LogP contribution in [0.25, 0.3) is 0 Å². The lowest BCUT2D eigenvalue weighted by Gasteiger charge is -2.25. The van der Waals surface area contributed by atoms with Gasteiger partial charge in [-0.1, -0.05) is 26.0 Å². The molecule has 1 aliphatic rings. The van der Waals surface area contributed by atoms with E-state index in [2.05, 4.69) is 43.9 Å². The second kappa shape index (κ2) is 5.64. The summed E-state index contributed by atoms with van der Waals surface area (Å²) < 4.78 is 0. The summed E-state index contributed by atoms with van der Waals surface area (Å²) in [5.74, 6) is 1.68. The Hall–Kier alpha value is -1.18. The molecule has 1 fully saturated rings. The van der Waals surface area contributed by atoms with Gasteiger partial charge in [0.1, 0.15) is 0 Å². The summed E-state index contributed by atoms with van der Waals surface area (Å²) >= 11 is 0. The van der Waals surface area contributed by atoms with E-state index in [9.17, 15) is 0 Å². The molecule has 1 unspecified atom stereocenters. The van der Waals surface area contributed by atoms with Gasteiger partial charge in [0.05, 0.1) is 11.4 Å². The molecule has 1 atom stereocenters. The van der Waals surface area contributed by atoms with Gasteiger partial charge in [0, 0.05) is 13.1 Å². The zero-order valence-corrected chi connectivity index (χ0v) is 11.9. The first-order valence-electron chi connectivity index (χ1n) is 7.19. The molecule has 0 spiro atoms. The van der Waals surface area contributed by atoms with Gasteiger partial charge in [-0.3, -0.25) is 0 Å². The minimum absolute atomic E-state index is 0.805. The topological polar surface area (TPSA) is 29.3 Å². The first-order chi connectivity index (χ1) is 8.59. The summed E-state index contributed by atoms with van der Waals surface area (Å²) in [6.45, 7) is 9.09. The molecule has 0 radical (unpaired) electrons. The van der Waals surface area contributed by atoms with Crippen LogP contribution in [0.1, 0.15) is 38.7 Å². The van der Waals surface area contributed by atoms with Crippen LogP contribution in [-0.2, 0) is 0 Å². The third-order valence-electron chi connectivity index (χ3n) is 4.36. The predicted molar refractivity (Wildman–Crippen MR) is 80.0 cm³/mol. The number of nitrogen functional groups attached to an aromatic ring is 1. The Balaban J connectivity index is 2.12. The molecule has 1 heterocycles.